The lowest BCUT2D eigenvalue weighted by molar-refractivity contribution is 0.264. The summed E-state index contributed by atoms with van der Waals surface area (Å²) < 4.78 is 0. The van der Waals surface area contributed by atoms with E-state index in [2.05, 4.69) is 28.3 Å². The molecule has 100 valence electrons. The minimum absolute atomic E-state index is 0.659. The molecule has 0 saturated carbocycles. The molecule has 1 aromatic heterocycles. The largest absolute Gasteiger partial charge is 0.313 e. The minimum Gasteiger partial charge on any atom is -0.313 e. The maximum absolute atomic E-state index is 4.17. The number of hydrogen-bond donors (Lipinski definition) is 1. The highest BCUT2D eigenvalue weighted by Crippen LogP contribution is 2.11. The van der Waals surface area contributed by atoms with Crippen molar-refractivity contribution < 1.29 is 0 Å². The monoisotopic (exact) mass is 247 g/mol. The topological polar surface area (TPSA) is 28.2 Å². The van der Waals surface area contributed by atoms with E-state index in [1.54, 1.807) is 0 Å². The zero-order valence-electron chi connectivity index (χ0n) is 11.4. The van der Waals surface area contributed by atoms with Crippen LogP contribution in [0.25, 0.3) is 0 Å². The third-order valence-corrected chi connectivity index (χ3v) is 3.62. The molecule has 0 amide bonds. The first-order valence-corrected chi connectivity index (χ1v) is 7.15. The molecule has 0 aromatic carbocycles. The molecule has 3 heteroatoms. The molecule has 1 N–H and O–H groups in total. The number of pyridine rings is 1. The molecule has 0 bridgehead atoms. The van der Waals surface area contributed by atoms with E-state index in [1.165, 1.54) is 44.2 Å². The molecular formula is C15H25N3. The molecule has 18 heavy (non-hydrogen) atoms. The Bertz CT molecular complexity index is 318. The first kappa shape index (κ1) is 13.5. The summed E-state index contributed by atoms with van der Waals surface area (Å²) in [5.41, 5.74) is 1.30. The van der Waals surface area contributed by atoms with Gasteiger partial charge in [-0.3, -0.25) is 4.98 Å². The van der Waals surface area contributed by atoms with Gasteiger partial charge in [0.25, 0.3) is 0 Å². The van der Waals surface area contributed by atoms with E-state index in [-0.39, 0.29) is 0 Å². The van der Waals surface area contributed by atoms with Gasteiger partial charge in [-0.2, -0.15) is 0 Å². The number of rotatable bonds is 4. The van der Waals surface area contributed by atoms with Crippen LogP contribution in [0.4, 0.5) is 0 Å². The zero-order valence-corrected chi connectivity index (χ0v) is 11.4. The van der Waals surface area contributed by atoms with Gasteiger partial charge in [-0.25, -0.2) is 0 Å². The van der Waals surface area contributed by atoms with Crippen LogP contribution in [0.3, 0.4) is 0 Å². The molecule has 1 aliphatic rings. The lowest BCUT2D eigenvalue weighted by atomic mass is 10.0. The van der Waals surface area contributed by atoms with Crippen molar-refractivity contribution in [3.05, 3.63) is 30.1 Å². The van der Waals surface area contributed by atoms with Crippen molar-refractivity contribution in [1.82, 2.24) is 15.2 Å². The lowest BCUT2D eigenvalue weighted by Gasteiger charge is -2.26. The number of aromatic nitrogens is 1. The normalized spacial score (nSPS) is 21.6. The molecule has 0 spiro atoms. The Morgan fingerprint density at radius 1 is 1.33 bits per heavy atom. The molecule has 3 nitrogen and oxygen atoms in total. The predicted molar refractivity (Wildman–Crippen MR) is 75.4 cm³/mol. The molecule has 1 atom stereocenters. The van der Waals surface area contributed by atoms with E-state index in [0.717, 1.165) is 13.1 Å². The highest BCUT2D eigenvalue weighted by molar-refractivity contribution is 5.07. The Labute approximate surface area is 111 Å². The van der Waals surface area contributed by atoms with Crippen LogP contribution in [0.5, 0.6) is 0 Å². The van der Waals surface area contributed by atoms with Crippen LogP contribution < -0.4 is 5.32 Å². The fourth-order valence-electron chi connectivity index (χ4n) is 2.68. The Morgan fingerprint density at radius 3 is 3.06 bits per heavy atom. The van der Waals surface area contributed by atoms with Crippen LogP contribution in [0.15, 0.2) is 24.5 Å². The summed E-state index contributed by atoms with van der Waals surface area (Å²) in [7, 11) is 2.20. The maximum atomic E-state index is 4.17. The molecule has 1 aromatic rings. The van der Waals surface area contributed by atoms with Crippen molar-refractivity contribution in [2.75, 3.05) is 20.1 Å². The number of hydrogen-bond acceptors (Lipinski definition) is 3. The van der Waals surface area contributed by atoms with Crippen LogP contribution in [0.1, 0.15) is 37.7 Å². The van der Waals surface area contributed by atoms with E-state index < -0.39 is 0 Å². The van der Waals surface area contributed by atoms with Gasteiger partial charge >= 0.3 is 0 Å². The Kier molecular flexibility index (Phi) is 5.62. The molecule has 1 saturated heterocycles. The lowest BCUT2D eigenvalue weighted by Crippen LogP contribution is -2.40. The Morgan fingerprint density at radius 2 is 2.22 bits per heavy atom. The first-order valence-electron chi connectivity index (χ1n) is 7.15. The van der Waals surface area contributed by atoms with Crippen LogP contribution in [-0.4, -0.2) is 36.1 Å². The van der Waals surface area contributed by atoms with Gasteiger partial charge < -0.3 is 10.2 Å². The van der Waals surface area contributed by atoms with E-state index in [1.807, 2.05) is 18.5 Å². The highest BCUT2D eigenvalue weighted by Gasteiger charge is 2.12. The summed E-state index contributed by atoms with van der Waals surface area (Å²) in [5.74, 6) is 0. The maximum Gasteiger partial charge on any atom is 0.0312 e. The minimum atomic E-state index is 0.659. The van der Waals surface area contributed by atoms with Crippen molar-refractivity contribution in [1.29, 1.82) is 0 Å². The SMILES string of the molecule is CN(Cc1cccnc1)CC1CCCCCCN1. The summed E-state index contributed by atoms with van der Waals surface area (Å²) in [6, 6.07) is 4.82. The van der Waals surface area contributed by atoms with Crippen molar-refractivity contribution in [3.63, 3.8) is 0 Å². The van der Waals surface area contributed by atoms with E-state index >= 15 is 0 Å². The smallest absolute Gasteiger partial charge is 0.0312 e. The van der Waals surface area contributed by atoms with Gasteiger partial charge in [-0.1, -0.05) is 25.3 Å². The van der Waals surface area contributed by atoms with Gasteiger partial charge in [-0.05, 0) is 38.1 Å². The summed E-state index contributed by atoms with van der Waals surface area (Å²) in [4.78, 5) is 6.57. The van der Waals surface area contributed by atoms with Gasteiger partial charge in [0.05, 0.1) is 0 Å². The van der Waals surface area contributed by atoms with E-state index in [4.69, 9.17) is 0 Å². The summed E-state index contributed by atoms with van der Waals surface area (Å²) in [5, 5.41) is 3.68. The molecule has 2 rings (SSSR count). The molecule has 0 radical (unpaired) electrons. The average molecular weight is 247 g/mol. The molecule has 0 aliphatic carbocycles. The van der Waals surface area contributed by atoms with Gasteiger partial charge in [0.15, 0.2) is 0 Å². The fraction of sp³-hybridized carbons (Fsp3) is 0.667. The van der Waals surface area contributed by atoms with Crippen molar-refractivity contribution in [3.8, 4) is 0 Å². The van der Waals surface area contributed by atoms with Crippen LogP contribution in [0, 0.1) is 0 Å². The number of nitrogens with zero attached hydrogens (tertiary/aromatic N) is 2. The summed E-state index contributed by atoms with van der Waals surface area (Å²) in [6.07, 6.45) is 10.6. The second-order valence-electron chi connectivity index (χ2n) is 5.41. The molecule has 1 aliphatic heterocycles. The van der Waals surface area contributed by atoms with E-state index in [0.29, 0.717) is 6.04 Å². The number of likely N-dealkylation sites (N-methyl/N-ethyl adjacent to an activating group) is 1. The highest BCUT2D eigenvalue weighted by atomic mass is 15.1. The molecule has 2 heterocycles. The van der Waals surface area contributed by atoms with Crippen molar-refractivity contribution >= 4 is 0 Å². The predicted octanol–water partition coefficient (Wildman–Crippen LogP) is 2.44. The van der Waals surface area contributed by atoms with E-state index in [9.17, 15) is 0 Å². The Balaban J connectivity index is 1.77. The third kappa shape index (κ3) is 4.75. The second-order valence-corrected chi connectivity index (χ2v) is 5.41. The van der Waals surface area contributed by atoms with Gasteiger partial charge in [0.2, 0.25) is 0 Å². The molecule has 1 fully saturated rings. The standard InChI is InChI=1S/C15H25N3/c1-18(12-14-7-6-9-16-11-14)13-15-8-4-2-3-5-10-17-15/h6-7,9,11,15,17H,2-5,8,10,12-13H2,1H3. The van der Waals surface area contributed by atoms with Crippen LogP contribution in [0.2, 0.25) is 0 Å². The van der Waals surface area contributed by atoms with Crippen molar-refractivity contribution in [2.24, 2.45) is 0 Å². The average Bonchev–Trinajstić information content (AvgIpc) is 2.34. The van der Waals surface area contributed by atoms with Crippen molar-refractivity contribution in [2.45, 2.75) is 44.7 Å². The summed E-state index contributed by atoms with van der Waals surface area (Å²) in [6.45, 7) is 3.31. The van der Waals surface area contributed by atoms with Crippen LogP contribution in [-0.2, 0) is 6.54 Å². The summed E-state index contributed by atoms with van der Waals surface area (Å²) >= 11 is 0. The fourth-order valence-corrected chi connectivity index (χ4v) is 2.68. The van der Waals surface area contributed by atoms with Gasteiger partial charge in [0, 0.05) is 31.5 Å². The molecular weight excluding hydrogens is 222 g/mol. The second kappa shape index (κ2) is 7.49. The quantitative estimate of drug-likeness (QED) is 0.886. The Hall–Kier alpha value is -0.930. The van der Waals surface area contributed by atoms with Gasteiger partial charge in [-0.15, -0.1) is 0 Å². The van der Waals surface area contributed by atoms with Gasteiger partial charge in [0.1, 0.15) is 0 Å². The molecule has 1 unspecified atom stereocenters. The third-order valence-electron chi connectivity index (χ3n) is 3.62. The number of nitrogens with one attached hydrogen (secondary N) is 1. The zero-order chi connectivity index (χ0) is 12.6. The van der Waals surface area contributed by atoms with Crippen LogP contribution >= 0.6 is 0 Å². The first-order chi connectivity index (χ1) is 8.84.